The molecule has 1 saturated heterocycles. The molecule has 1 saturated carbocycles. The first kappa shape index (κ1) is 12.7. The third kappa shape index (κ3) is 2.06. The van der Waals surface area contributed by atoms with Crippen LogP contribution in [-0.4, -0.2) is 35.1 Å². The van der Waals surface area contributed by atoms with Gasteiger partial charge in [0.1, 0.15) is 0 Å². The minimum atomic E-state index is -0.207. The summed E-state index contributed by atoms with van der Waals surface area (Å²) in [6, 6.07) is 5.89. The van der Waals surface area contributed by atoms with E-state index < -0.39 is 0 Å². The lowest BCUT2D eigenvalue weighted by molar-refractivity contribution is 0.0751. The SMILES string of the molecule is Cc1cccc(C(=O)N2CC3CCC(O)C3C2)c1C. The van der Waals surface area contributed by atoms with Gasteiger partial charge in [0.2, 0.25) is 0 Å². The molecular weight excluding hydrogens is 238 g/mol. The molecule has 1 aromatic rings. The number of aliphatic hydroxyl groups is 1. The number of hydrogen-bond donors (Lipinski definition) is 1. The summed E-state index contributed by atoms with van der Waals surface area (Å²) >= 11 is 0. The third-order valence-corrected chi connectivity index (χ3v) is 4.94. The molecule has 0 bridgehead atoms. The number of aliphatic hydroxyl groups excluding tert-OH is 1. The molecule has 3 heteroatoms. The lowest BCUT2D eigenvalue weighted by Gasteiger charge is -2.20. The number of hydrogen-bond acceptors (Lipinski definition) is 2. The van der Waals surface area contributed by atoms with Gasteiger partial charge in [-0.1, -0.05) is 12.1 Å². The fourth-order valence-electron chi connectivity index (χ4n) is 3.56. The molecule has 3 unspecified atom stereocenters. The van der Waals surface area contributed by atoms with Crippen molar-refractivity contribution in [3.05, 3.63) is 34.9 Å². The van der Waals surface area contributed by atoms with E-state index in [1.807, 2.05) is 36.9 Å². The number of rotatable bonds is 1. The Balaban J connectivity index is 1.81. The van der Waals surface area contributed by atoms with Crippen LogP contribution in [0.3, 0.4) is 0 Å². The molecule has 3 atom stereocenters. The van der Waals surface area contributed by atoms with E-state index in [-0.39, 0.29) is 12.0 Å². The van der Waals surface area contributed by atoms with Crippen LogP contribution in [0, 0.1) is 25.7 Å². The summed E-state index contributed by atoms with van der Waals surface area (Å²) in [4.78, 5) is 14.5. The van der Waals surface area contributed by atoms with Crippen LogP contribution in [0.1, 0.15) is 34.3 Å². The maximum atomic E-state index is 12.6. The second-order valence-corrected chi connectivity index (χ2v) is 6.03. The minimum absolute atomic E-state index is 0.128. The van der Waals surface area contributed by atoms with Crippen molar-refractivity contribution in [1.29, 1.82) is 0 Å². The van der Waals surface area contributed by atoms with Gasteiger partial charge in [0.25, 0.3) is 5.91 Å². The molecule has 3 nitrogen and oxygen atoms in total. The standard InChI is InChI=1S/C16H21NO2/c1-10-4-3-5-13(11(10)2)16(19)17-8-12-6-7-15(18)14(12)9-17/h3-5,12,14-15,18H,6-9H2,1-2H3. The molecule has 3 rings (SSSR count). The van der Waals surface area contributed by atoms with Gasteiger partial charge in [-0.2, -0.15) is 0 Å². The monoisotopic (exact) mass is 259 g/mol. The van der Waals surface area contributed by atoms with E-state index in [0.717, 1.165) is 42.6 Å². The first-order chi connectivity index (χ1) is 9.08. The molecular formula is C16H21NO2. The zero-order valence-electron chi connectivity index (χ0n) is 11.6. The molecule has 1 aliphatic heterocycles. The highest BCUT2D eigenvalue weighted by Gasteiger charge is 2.43. The van der Waals surface area contributed by atoms with Crippen LogP contribution in [0.4, 0.5) is 0 Å². The number of likely N-dealkylation sites (tertiary alicyclic amines) is 1. The van der Waals surface area contributed by atoms with Gasteiger partial charge in [-0.25, -0.2) is 0 Å². The van der Waals surface area contributed by atoms with Gasteiger partial charge in [0.05, 0.1) is 6.10 Å². The van der Waals surface area contributed by atoms with E-state index >= 15 is 0 Å². The van der Waals surface area contributed by atoms with Gasteiger partial charge in [-0.3, -0.25) is 4.79 Å². The number of benzene rings is 1. The quantitative estimate of drug-likeness (QED) is 0.839. The van der Waals surface area contributed by atoms with Crippen molar-refractivity contribution in [2.45, 2.75) is 32.8 Å². The fraction of sp³-hybridized carbons (Fsp3) is 0.562. The Hall–Kier alpha value is -1.35. The third-order valence-electron chi connectivity index (χ3n) is 4.94. The largest absolute Gasteiger partial charge is 0.393 e. The highest BCUT2D eigenvalue weighted by Crippen LogP contribution is 2.38. The average molecular weight is 259 g/mol. The molecule has 0 radical (unpaired) electrons. The van der Waals surface area contributed by atoms with E-state index in [1.165, 1.54) is 0 Å². The van der Waals surface area contributed by atoms with Gasteiger partial charge in [-0.15, -0.1) is 0 Å². The lowest BCUT2D eigenvalue weighted by Crippen LogP contribution is -2.31. The van der Waals surface area contributed by atoms with Gasteiger partial charge in [0.15, 0.2) is 0 Å². The summed E-state index contributed by atoms with van der Waals surface area (Å²) < 4.78 is 0. The lowest BCUT2D eigenvalue weighted by atomic mass is 10.00. The second-order valence-electron chi connectivity index (χ2n) is 6.03. The zero-order chi connectivity index (χ0) is 13.6. The number of carbonyl (C=O) groups excluding carboxylic acids is 1. The molecule has 0 spiro atoms. The molecule has 19 heavy (non-hydrogen) atoms. The molecule has 1 heterocycles. The summed E-state index contributed by atoms with van der Waals surface area (Å²) in [7, 11) is 0. The number of carbonyl (C=O) groups is 1. The Kier molecular flexibility index (Phi) is 3.09. The second kappa shape index (κ2) is 4.64. The predicted octanol–water partition coefficient (Wildman–Crippen LogP) is 2.15. The highest BCUT2D eigenvalue weighted by atomic mass is 16.3. The molecule has 0 aromatic heterocycles. The van der Waals surface area contributed by atoms with E-state index in [2.05, 4.69) is 0 Å². The van der Waals surface area contributed by atoms with Crippen molar-refractivity contribution in [2.24, 2.45) is 11.8 Å². The Morgan fingerprint density at radius 3 is 2.79 bits per heavy atom. The van der Waals surface area contributed by atoms with Crippen molar-refractivity contribution < 1.29 is 9.90 Å². The van der Waals surface area contributed by atoms with Crippen LogP contribution in [0.2, 0.25) is 0 Å². The summed E-state index contributed by atoms with van der Waals surface area (Å²) in [6.07, 6.45) is 1.75. The number of aryl methyl sites for hydroxylation is 1. The molecule has 2 aliphatic rings. The van der Waals surface area contributed by atoms with Crippen molar-refractivity contribution in [3.63, 3.8) is 0 Å². The molecule has 1 aromatic carbocycles. The number of nitrogens with zero attached hydrogens (tertiary/aromatic N) is 1. The fourth-order valence-corrected chi connectivity index (χ4v) is 3.56. The Morgan fingerprint density at radius 1 is 1.26 bits per heavy atom. The Labute approximate surface area is 114 Å². The predicted molar refractivity (Wildman–Crippen MR) is 74.0 cm³/mol. The summed E-state index contributed by atoms with van der Waals surface area (Å²) in [5.41, 5.74) is 3.05. The van der Waals surface area contributed by atoms with Crippen LogP contribution in [0.5, 0.6) is 0 Å². The van der Waals surface area contributed by atoms with E-state index in [1.54, 1.807) is 0 Å². The highest BCUT2D eigenvalue weighted by molar-refractivity contribution is 5.96. The minimum Gasteiger partial charge on any atom is -0.393 e. The van der Waals surface area contributed by atoms with Crippen LogP contribution >= 0.6 is 0 Å². The smallest absolute Gasteiger partial charge is 0.254 e. The topological polar surface area (TPSA) is 40.5 Å². The summed E-state index contributed by atoms with van der Waals surface area (Å²) in [5.74, 6) is 0.931. The van der Waals surface area contributed by atoms with E-state index in [9.17, 15) is 9.90 Å². The molecule has 102 valence electrons. The Bertz CT molecular complexity index is 511. The maximum Gasteiger partial charge on any atom is 0.254 e. The molecule has 1 aliphatic carbocycles. The van der Waals surface area contributed by atoms with E-state index in [4.69, 9.17) is 0 Å². The van der Waals surface area contributed by atoms with E-state index in [0.29, 0.717) is 11.8 Å². The van der Waals surface area contributed by atoms with Gasteiger partial charge < -0.3 is 10.0 Å². The van der Waals surface area contributed by atoms with Crippen molar-refractivity contribution >= 4 is 5.91 Å². The number of fused-ring (bicyclic) bond motifs is 1. The first-order valence-electron chi connectivity index (χ1n) is 7.11. The first-order valence-corrected chi connectivity index (χ1v) is 7.11. The molecule has 1 N–H and O–H groups in total. The van der Waals surface area contributed by atoms with Gasteiger partial charge >= 0.3 is 0 Å². The van der Waals surface area contributed by atoms with Crippen molar-refractivity contribution in [1.82, 2.24) is 4.90 Å². The Morgan fingerprint density at radius 2 is 2.05 bits per heavy atom. The maximum absolute atomic E-state index is 12.6. The van der Waals surface area contributed by atoms with Crippen LogP contribution < -0.4 is 0 Å². The summed E-state index contributed by atoms with van der Waals surface area (Å²) in [6.45, 7) is 5.58. The van der Waals surface area contributed by atoms with Gasteiger partial charge in [0, 0.05) is 24.6 Å². The van der Waals surface area contributed by atoms with Crippen LogP contribution in [0.25, 0.3) is 0 Å². The average Bonchev–Trinajstić information content (AvgIpc) is 2.95. The van der Waals surface area contributed by atoms with Crippen LogP contribution in [-0.2, 0) is 0 Å². The van der Waals surface area contributed by atoms with Crippen molar-refractivity contribution in [2.75, 3.05) is 13.1 Å². The zero-order valence-corrected chi connectivity index (χ0v) is 11.6. The molecule has 2 fully saturated rings. The summed E-state index contributed by atoms with van der Waals surface area (Å²) in [5, 5.41) is 9.93. The normalized spacial score (nSPS) is 29.6. The molecule has 1 amide bonds. The van der Waals surface area contributed by atoms with Crippen LogP contribution in [0.15, 0.2) is 18.2 Å². The van der Waals surface area contributed by atoms with Crippen molar-refractivity contribution in [3.8, 4) is 0 Å². The van der Waals surface area contributed by atoms with Gasteiger partial charge in [-0.05, 0) is 49.8 Å². The number of amides is 1.